The number of nitrogen functional groups attached to an aromatic ring is 1. The molecule has 0 bridgehead atoms. The topological polar surface area (TPSA) is 76.4 Å². The summed E-state index contributed by atoms with van der Waals surface area (Å²) in [4.78, 5) is 12.4. The summed E-state index contributed by atoms with van der Waals surface area (Å²) in [5, 5.41) is 6.86. The Bertz CT molecular complexity index is 404. The van der Waals surface area contributed by atoms with Gasteiger partial charge in [0.2, 0.25) is 0 Å². The second-order valence-electron chi connectivity index (χ2n) is 3.89. The summed E-state index contributed by atoms with van der Waals surface area (Å²) in [5.41, 5.74) is 6.36. The van der Waals surface area contributed by atoms with E-state index in [0.717, 1.165) is 24.4 Å². The molecule has 1 aromatic heterocycles. The minimum atomic E-state index is -0.137. The fraction of sp³-hybridized carbons (Fsp3) is 0.583. The van der Waals surface area contributed by atoms with Crippen molar-refractivity contribution in [3.05, 3.63) is 4.88 Å². The van der Waals surface area contributed by atoms with Crippen molar-refractivity contribution in [3.63, 3.8) is 0 Å². The van der Waals surface area contributed by atoms with Crippen molar-refractivity contribution in [2.45, 2.75) is 26.7 Å². The average Bonchev–Trinajstić information content (AvgIpc) is 2.69. The zero-order valence-corrected chi connectivity index (χ0v) is 11.9. The monoisotopic (exact) mass is 271 g/mol. The summed E-state index contributed by atoms with van der Waals surface area (Å²) >= 11 is 1.34. The molecule has 0 atom stereocenters. The lowest BCUT2D eigenvalue weighted by Crippen LogP contribution is -2.23. The third-order valence-electron chi connectivity index (χ3n) is 2.38. The van der Waals surface area contributed by atoms with Gasteiger partial charge in [-0.3, -0.25) is 4.79 Å². The van der Waals surface area contributed by atoms with Crippen LogP contribution in [0.2, 0.25) is 0 Å². The lowest BCUT2D eigenvalue weighted by atomic mass is 10.3. The number of methoxy groups -OCH3 is 1. The highest BCUT2D eigenvalue weighted by molar-refractivity contribution is 7.19. The van der Waals surface area contributed by atoms with E-state index < -0.39 is 0 Å². The highest BCUT2D eigenvalue weighted by Crippen LogP contribution is 2.42. The Balaban J connectivity index is 2.91. The lowest BCUT2D eigenvalue weighted by molar-refractivity contribution is 0.0958. The molecule has 0 aliphatic rings. The van der Waals surface area contributed by atoms with Crippen LogP contribution in [0.15, 0.2) is 0 Å². The van der Waals surface area contributed by atoms with Crippen molar-refractivity contribution in [3.8, 4) is 5.75 Å². The number of carbonyl (C=O) groups is 1. The van der Waals surface area contributed by atoms with E-state index in [0.29, 0.717) is 22.9 Å². The number of rotatable bonds is 7. The van der Waals surface area contributed by atoms with Crippen LogP contribution < -0.4 is 21.1 Å². The predicted octanol–water partition coefficient (Wildman–Crippen LogP) is 2.30. The molecule has 0 aromatic carbocycles. The SMILES string of the molecule is CCCNC(=O)c1sc(NCCC)c(OC)c1N. The van der Waals surface area contributed by atoms with Crippen LogP contribution in [0.4, 0.5) is 10.7 Å². The van der Waals surface area contributed by atoms with Crippen molar-refractivity contribution in [1.82, 2.24) is 5.32 Å². The number of amides is 1. The van der Waals surface area contributed by atoms with Gasteiger partial charge < -0.3 is 21.1 Å². The molecule has 102 valence electrons. The first kappa shape index (κ1) is 14.6. The molecule has 0 fully saturated rings. The van der Waals surface area contributed by atoms with Gasteiger partial charge in [-0.05, 0) is 12.8 Å². The number of nitrogens with one attached hydrogen (secondary N) is 2. The maximum Gasteiger partial charge on any atom is 0.263 e. The molecule has 0 saturated carbocycles. The number of ether oxygens (including phenoxy) is 1. The molecule has 1 aromatic rings. The molecule has 6 heteroatoms. The lowest BCUT2D eigenvalue weighted by Gasteiger charge is -2.05. The summed E-state index contributed by atoms with van der Waals surface area (Å²) in [6, 6.07) is 0. The van der Waals surface area contributed by atoms with Gasteiger partial charge in [-0.2, -0.15) is 0 Å². The van der Waals surface area contributed by atoms with Gasteiger partial charge in [0.1, 0.15) is 15.6 Å². The first-order valence-corrected chi connectivity index (χ1v) is 6.95. The van der Waals surface area contributed by atoms with Crippen LogP contribution in [0, 0.1) is 0 Å². The van der Waals surface area contributed by atoms with Gasteiger partial charge in [0.05, 0.1) is 7.11 Å². The Hall–Kier alpha value is -1.43. The van der Waals surface area contributed by atoms with E-state index in [1.807, 2.05) is 6.92 Å². The van der Waals surface area contributed by atoms with E-state index >= 15 is 0 Å². The van der Waals surface area contributed by atoms with Crippen LogP contribution in [0.25, 0.3) is 0 Å². The normalized spacial score (nSPS) is 10.2. The molecule has 1 amide bonds. The third-order valence-corrected chi connectivity index (χ3v) is 3.52. The molecule has 0 spiro atoms. The van der Waals surface area contributed by atoms with Crippen molar-refractivity contribution in [1.29, 1.82) is 0 Å². The molecule has 1 rings (SSSR count). The second-order valence-corrected chi connectivity index (χ2v) is 4.91. The summed E-state index contributed by atoms with van der Waals surface area (Å²) in [6.45, 7) is 5.56. The Morgan fingerprint density at radius 2 is 2.00 bits per heavy atom. The number of nitrogens with two attached hydrogens (primary N) is 1. The number of carbonyl (C=O) groups excluding carboxylic acids is 1. The smallest absolute Gasteiger partial charge is 0.263 e. The van der Waals surface area contributed by atoms with Crippen molar-refractivity contribution in [2.24, 2.45) is 0 Å². The summed E-state index contributed by atoms with van der Waals surface area (Å²) in [5.74, 6) is 0.428. The number of anilines is 2. The van der Waals surface area contributed by atoms with Crippen molar-refractivity contribution >= 4 is 27.9 Å². The van der Waals surface area contributed by atoms with Crippen LogP contribution in [0.3, 0.4) is 0 Å². The Labute approximate surface area is 112 Å². The molecule has 0 aliphatic heterocycles. The summed E-state index contributed by atoms with van der Waals surface area (Å²) in [6.07, 6.45) is 1.90. The molecule has 0 radical (unpaired) electrons. The quantitative estimate of drug-likeness (QED) is 0.711. The number of hydrogen-bond donors (Lipinski definition) is 3. The molecule has 0 saturated heterocycles. The van der Waals surface area contributed by atoms with E-state index in [-0.39, 0.29) is 5.91 Å². The fourth-order valence-corrected chi connectivity index (χ4v) is 2.51. The maximum atomic E-state index is 11.9. The molecular formula is C12H21N3O2S. The van der Waals surface area contributed by atoms with Gasteiger partial charge in [-0.15, -0.1) is 11.3 Å². The summed E-state index contributed by atoms with van der Waals surface area (Å²) in [7, 11) is 1.56. The molecule has 18 heavy (non-hydrogen) atoms. The van der Waals surface area contributed by atoms with E-state index in [2.05, 4.69) is 17.6 Å². The molecular weight excluding hydrogens is 250 g/mol. The van der Waals surface area contributed by atoms with Crippen LogP contribution in [0.5, 0.6) is 5.75 Å². The molecule has 1 heterocycles. The van der Waals surface area contributed by atoms with E-state index in [1.165, 1.54) is 11.3 Å². The van der Waals surface area contributed by atoms with E-state index in [1.54, 1.807) is 7.11 Å². The highest BCUT2D eigenvalue weighted by atomic mass is 32.1. The zero-order chi connectivity index (χ0) is 13.5. The minimum absolute atomic E-state index is 0.137. The zero-order valence-electron chi connectivity index (χ0n) is 11.1. The molecule has 0 aliphatic carbocycles. The Kier molecular flexibility index (Phi) is 5.77. The van der Waals surface area contributed by atoms with Gasteiger partial charge >= 0.3 is 0 Å². The van der Waals surface area contributed by atoms with Gasteiger partial charge in [-0.25, -0.2) is 0 Å². The molecule has 0 unspecified atom stereocenters. The first-order chi connectivity index (χ1) is 8.65. The minimum Gasteiger partial charge on any atom is -0.492 e. The van der Waals surface area contributed by atoms with Crippen molar-refractivity contribution in [2.75, 3.05) is 31.2 Å². The van der Waals surface area contributed by atoms with Gasteiger partial charge in [-0.1, -0.05) is 13.8 Å². The predicted molar refractivity (Wildman–Crippen MR) is 76.7 cm³/mol. The second kappa shape index (κ2) is 7.10. The van der Waals surface area contributed by atoms with Crippen LogP contribution in [-0.4, -0.2) is 26.1 Å². The average molecular weight is 271 g/mol. The highest BCUT2D eigenvalue weighted by Gasteiger charge is 2.21. The largest absolute Gasteiger partial charge is 0.492 e. The van der Waals surface area contributed by atoms with Gasteiger partial charge in [0.25, 0.3) is 5.91 Å². The number of hydrogen-bond acceptors (Lipinski definition) is 5. The first-order valence-electron chi connectivity index (χ1n) is 6.13. The molecule has 4 N–H and O–H groups in total. The van der Waals surface area contributed by atoms with Gasteiger partial charge in [0.15, 0.2) is 5.75 Å². The Morgan fingerprint density at radius 3 is 2.56 bits per heavy atom. The summed E-state index contributed by atoms with van der Waals surface area (Å²) < 4.78 is 5.25. The van der Waals surface area contributed by atoms with E-state index in [4.69, 9.17) is 10.5 Å². The molecule has 5 nitrogen and oxygen atoms in total. The fourth-order valence-electron chi connectivity index (χ4n) is 1.47. The number of thiophene rings is 1. The van der Waals surface area contributed by atoms with Crippen LogP contribution in [0.1, 0.15) is 36.4 Å². The van der Waals surface area contributed by atoms with Gasteiger partial charge in [0, 0.05) is 13.1 Å². The Morgan fingerprint density at radius 1 is 1.33 bits per heavy atom. The van der Waals surface area contributed by atoms with Crippen LogP contribution >= 0.6 is 11.3 Å². The van der Waals surface area contributed by atoms with Crippen molar-refractivity contribution < 1.29 is 9.53 Å². The standard InChI is InChI=1S/C12H21N3O2S/c1-4-6-14-11(16)10-8(13)9(17-3)12(18-10)15-7-5-2/h15H,4-7,13H2,1-3H3,(H,14,16). The van der Waals surface area contributed by atoms with E-state index in [9.17, 15) is 4.79 Å². The maximum absolute atomic E-state index is 11.9. The van der Waals surface area contributed by atoms with Crippen LogP contribution in [-0.2, 0) is 0 Å². The third kappa shape index (κ3) is 3.29.